The van der Waals surface area contributed by atoms with Crippen LogP contribution in [0.2, 0.25) is 0 Å². The maximum absolute atomic E-state index is 12.8. The first-order chi connectivity index (χ1) is 10.9. The molecule has 0 N–H and O–H groups in total. The molecule has 120 valence electrons. The maximum atomic E-state index is 12.8. The summed E-state index contributed by atoms with van der Waals surface area (Å²) < 4.78 is 39.4. The summed E-state index contributed by atoms with van der Waals surface area (Å²) in [6, 6.07) is 12.3. The SMILES string of the molecule is O=C1C(c2cccc(C(F)(F)F)c2)CCN1c1ccc(Br)cc1. The average Bonchev–Trinajstić information content (AvgIpc) is 2.89. The van der Waals surface area contributed by atoms with Gasteiger partial charge in [-0.2, -0.15) is 13.2 Å². The van der Waals surface area contributed by atoms with Crippen molar-refractivity contribution in [3.8, 4) is 0 Å². The average molecular weight is 384 g/mol. The molecule has 1 unspecified atom stereocenters. The minimum absolute atomic E-state index is 0.161. The Hall–Kier alpha value is -1.82. The van der Waals surface area contributed by atoms with Crippen LogP contribution in [0.4, 0.5) is 18.9 Å². The third kappa shape index (κ3) is 3.27. The van der Waals surface area contributed by atoms with Crippen LogP contribution in [0.5, 0.6) is 0 Å². The lowest BCUT2D eigenvalue weighted by Crippen LogP contribution is -2.26. The highest BCUT2D eigenvalue weighted by Gasteiger charge is 2.36. The van der Waals surface area contributed by atoms with Crippen molar-refractivity contribution in [1.29, 1.82) is 0 Å². The molecule has 6 heteroatoms. The Labute approximate surface area is 140 Å². The summed E-state index contributed by atoms with van der Waals surface area (Å²) in [5.41, 5.74) is 0.460. The van der Waals surface area contributed by atoms with Crippen LogP contribution in [0.25, 0.3) is 0 Å². The Morgan fingerprint density at radius 1 is 1.09 bits per heavy atom. The number of hydrogen-bond acceptors (Lipinski definition) is 1. The molecule has 2 nitrogen and oxygen atoms in total. The smallest absolute Gasteiger partial charge is 0.312 e. The van der Waals surface area contributed by atoms with Gasteiger partial charge < -0.3 is 4.90 Å². The molecule has 1 saturated heterocycles. The second-order valence-electron chi connectivity index (χ2n) is 5.43. The largest absolute Gasteiger partial charge is 0.416 e. The van der Waals surface area contributed by atoms with Gasteiger partial charge in [0.1, 0.15) is 0 Å². The second kappa shape index (κ2) is 6.00. The molecule has 23 heavy (non-hydrogen) atoms. The van der Waals surface area contributed by atoms with Crippen LogP contribution in [0.3, 0.4) is 0 Å². The van der Waals surface area contributed by atoms with Gasteiger partial charge in [0.05, 0.1) is 11.5 Å². The predicted octanol–water partition coefficient (Wildman–Crippen LogP) is 4.99. The summed E-state index contributed by atoms with van der Waals surface area (Å²) in [4.78, 5) is 14.2. The van der Waals surface area contributed by atoms with E-state index in [9.17, 15) is 18.0 Å². The minimum Gasteiger partial charge on any atom is -0.312 e. The van der Waals surface area contributed by atoms with Gasteiger partial charge in [0.25, 0.3) is 0 Å². The molecule has 1 aliphatic heterocycles. The van der Waals surface area contributed by atoms with E-state index in [1.807, 2.05) is 24.3 Å². The lowest BCUT2D eigenvalue weighted by Gasteiger charge is -2.17. The van der Waals surface area contributed by atoms with Crippen molar-refractivity contribution in [3.63, 3.8) is 0 Å². The van der Waals surface area contributed by atoms with E-state index < -0.39 is 17.7 Å². The van der Waals surface area contributed by atoms with E-state index in [4.69, 9.17) is 0 Å². The summed E-state index contributed by atoms with van der Waals surface area (Å²) in [5, 5.41) is 0. The quantitative estimate of drug-likeness (QED) is 0.715. The molecule has 0 spiro atoms. The number of halogens is 4. The van der Waals surface area contributed by atoms with Crippen molar-refractivity contribution >= 4 is 27.5 Å². The Morgan fingerprint density at radius 3 is 2.43 bits per heavy atom. The van der Waals surface area contributed by atoms with Gasteiger partial charge in [-0.25, -0.2) is 0 Å². The zero-order chi connectivity index (χ0) is 16.6. The molecule has 1 amide bonds. The number of carbonyl (C=O) groups excluding carboxylic acids is 1. The van der Waals surface area contributed by atoms with Crippen LogP contribution in [0, 0.1) is 0 Å². The van der Waals surface area contributed by atoms with Crippen LogP contribution in [-0.4, -0.2) is 12.5 Å². The molecule has 1 atom stereocenters. The van der Waals surface area contributed by atoms with E-state index in [0.29, 0.717) is 18.5 Å². The highest BCUT2D eigenvalue weighted by atomic mass is 79.9. The number of benzene rings is 2. The van der Waals surface area contributed by atoms with E-state index in [0.717, 1.165) is 22.3 Å². The number of anilines is 1. The number of nitrogens with zero attached hydrogens (tertiary/aromatic N) is 1. The van der Waals surface area contributed by atoms with Crippen LogP contribution in [-0.2, 0) is 11.0 Å². The molecular weight excluding hydrogens is 371 g/mol. The zero-order valence-electron chi connectivity index (χ0n) is 12.0. The lowest BCUT2D eigenvalue weighted by atomic mass is 9.96. The highest BCUT2D eigenvalue weighted by Crippen LogP contribution is 2.36. The second-order valence-corrected chi connectivity index (χ2v) is 6.35. The first-order valence-corrected chi connectivity index (χ1v) is 7.89. The number of carbonyl (C=O) groups is 1. The Bertz CT molecular complexity index is 727. The van der Waals surface area contributed by atoms with Gasteiger partial charge in [-0.15, -0.1) is 0 Å². The van der Waals surface area contributed by atoms with Gasteiger partial charge in [-0.3, -0.25) is 4.79 Å². The summed E-state index contributed by atoms with van der Waals surface area (Å²) in [5.74, 6) is -0.687. The van der Waals surface area contributed by atoms with Gasteiger partial charge in [-0.05, 0) is 42.3 Å². The third-order valence-corrected chi connectivity index (χ3v) is 4.49. The Kier molecular flexibility index (Phi) is 4.19. The zero-order valence-corrected chi connectivity index (χ0v) is 13.6. The van der Waals surface area contributed by atoms with Gasteiger partial charge >= 0.3 is 6.18 Å². The molecule has 0 aliphatic carbocycles. The molecule has 1 heterocycles. The van der Waals surface area contributed by atoms with Gasteiger partial charge in [0, 0.05) is 16.7 Å². The van der Waals surface area contributed by atoms with Crippen molar-refractivity contribution in [2.45, 2.75) is 18.5 Å². The first-order valence-electron chi connectivity index (χ1n) is 7.10. The number of rotatable bonds is 2. The Balaban J connectivity index is 1.86. The van der Waals surface area contributed by atoms with E-state index in [2.05, 4.69) is 15.9 Å². The minimum atomic E-state index is -4.40. The molecule has 2 aromatic rings. The van der Waals surface area contributed by atoms with E-state index in [-0.39, 0.29) is 5.91 Å². The van der Waals surface area contributed by atoms with Crippen molar-refractivity contribution in [3.05, 3.63) is 64.1 Å². The van der Waals surface area contributed by atoms with Crippen LogP contribution in [0.1, 0.15) is 23.5 Å². The standard InChI is InChI=1S/C17H13BrF3NO/c18-13-4-6-14(7-5-13)22-9-8-15(16(22)23)11-2-1-3-12(10-11)17(19,20)21/h1-7,10,15H,8-9H2. The molecular formula is C17H13BrF3NO. The van der Waals surface area contributed by atoms with E-state index >= 15 is 0 Å². The molecule has 0 bridgehead atoms. The van der Waals surface area contributed by atoms with Crippen molar-refractivity contribution in [2.24, 2.45) is 0 Å². The molecule has 1 aliphatic rings. The van der Waals surface area contributed by atoms with E-state index in [1.165, 1.54) is 6.07 Å². The topological polar surface area (TPSA) is 20.3 Å². The predicted molar refractivity (Wildman–Crippen MR) is 85.3 cm³/mol. The molecule has 1 fully saturated rings. The van der Waals surface area contributed by atoms with E-state index in [1.54, 1.807) is 11.0 Å². The van der Waals surface area contributed by atoms with Crippen LogP contribution < -0.4 is 4.90 Å². The number of alkyl halides is 3. The van der Waals surface area contributed by atoms with Gasteiger partial charge in [0.2, 0.25) is 5.91 Å². The monoisotopic (exact) mass is 383 g/mol. The van der Waals surface area contributed by atoms with Crippen LogP contribution in [0.15, 0.2) is 53.0 Å². The molecule has 0 aromatic heterocycles. The van der Waals surface area contributed by atoms with Crippen LogP contribution >= 0.6 is 15.9 Å². The summed E-state index contributed by atoms with van der Waals surface area (Å²) in [7, 11) is 0. The normalized spacial score (nSPS) is 18.5. The van der Waals surface area contributed by atoms with Crippen molar-refractivity contribution in [1.82, 2.24) is 0 Å². The Morgan fingerprint density at radius 2 is 1.78 bits per heavy atom. The van der Waals surface area contributed by atoms with Gasteiger partial charge in [0.15, 0.2) is 0 Å². The fourth-order valence-corrected chi connectivity index (χ4v) is 3.06. The van der Waals surface area contributed by atoms with Crippen molar-refractivity contribution < 1.29 is 18.0 Å². The first kappa shape index (κ1) is 16.1. The number of hydrogen-bond donors (Lipinski definition) is 0. The summed E-state index contributed by atoms with van der Waals surface area (Å²) in [6.07, 6.45) is -3.89. The number of amides is 1. The molecule has 0 radical (unpaired) electrons. The molecule has 2 aromatic carbocycles. The van der Waals surface area contributed by atoms with Gasteiger partial charge in [-0.1, -0.05) is 34.1 Å². The maximum Gasteiger partial charge on any atom is 0.416 e. The fourth-order valence-electron chi connectivity index (χ4n) is 2.80. The lowest BCUT2D eigenvalue weighted by molar-refractivity contribution is -0.137. The molecule has 0 saturated carbocycles. The summed E-state index contributed by atoms with van der Waals surface area (Å²) in [6.45, 7) is 0.501. The van der Waals surface area contributed by atoms with Crippen molar-refractivity contribution in [2.75, 3.05) is 11.4 Å². The highest BCUT2D eigenvalue weighted by molar-refractivity contribution is 9.10. The third-order valence-electron chi connectivity index (χ3n) is 3.96. The molecule has 3 rings (SSSR count). The summed E-state index contributed by atoms with van der Waals surface area (Å²) >= 11 is 3.33. The fraction of sp³-hybridized carbons (Fsp3) is 0.235.